The van der Waals surface area contributed by atoms with Gasteiger partial charge in [0.1, 0.15) is 5.82 Å². The number of aryl methyl sites for hydroxylation is 1. The van der Waals surface area contributed by atoms with E-state index in [-0.39, 0.29) is 17.6 Å². The molecule has 1 saturated heterocycles. The molecular weight excluding hydrogens is 325 g/mol. The highest BCUT2D eigenvalue weighted by molar-refractivity contribution is 5.65. The number of hydrogen-bond donors (Lipinski definition) is 0. The van der Waals surface area contributed by atoms with Gasteiger partial charge < -0.3 is 4.74 Å². The van der Waals surface area contributed by atoms with E-state index in [1.165, 1.54) is 12.1 Å². The first-order chi connectivity index (χ1) is 12.0. The Labute approximate surface area is 146 Å². The van der Waals surface area contributed by atoms with Crippen molar-refractivity contribution in [2.75, 3.05) is 6.61 Å². The quantitative estimate of drug-likeness (QED) is 0.645. The normalized spacial score (nSPS) is 20.7. The van der Waals surface area contributed by atoms with Gasteiger partial charge in [-0.25, -0.2) is 13.2 Å². The summed E-state index contributed by atoms with van der Waals surface area (Å²) in [6.07, 6.45) is 3.94. The molecule has 0 spiro atoms. The van der Waals surface area contributed by atoms with Gasteiger partial charge in [0, 0.05) is 11.5 Å². The summed E-state index contributed by atoms with van der Waals surface area (Å²) in [7, 11) is 0. The molecule has 25 heavy (non-hydrogen) atoms. The van der Waals surface area contributed by atoms with E-state index in [0.717, 1.165) is 25.7 Å². The minimum absolute atomic E-state index is 0.0840. The third-order valence-electron chi connectivity index (χ3n) is 5.02. The predicted molar refractivity (Wildman–Crippen MR) is 93.1 cm³/mol. The largest absolute Gasteiger partial charge is 0.378 e. The molecule has 0 bridgehead atoms. The maximum atomic E-state index is 14.6. The van der Waals surface area contributed by atoms with Gasteiger partial charge in [-0.15, -0.1) is 0 Å². The Balaban J connectivity index is 1.85. The lowest BCUT2D eigenvalue weighted by molar-refractivity contribution is -0.00181. The summed E-state index contributed by atoms with van der Waals surface area (Å²) in [4.78, 5) is 0. The Morgan fingerprint density at radius 1 is 1.04 bits per heavy atom. The Morgan fingerprint density at radius 2 is 1.84 bits per heavy atom. The van der Waals surface area contributed by atoms with Crippen molar-refractivity contribution in [1.29, 1.82) is 0 Å². The van der Waals surface area contributed by atoms with E-state index < -0.39 is 17.5 Å². The molecule has 2 atom stereocenters. The molecule has 1 aliphatic rings. The molecule has 0 amide bonds. The van der Waals surface area contributed by atoms with Crippen LogP contribution in [0.3, 0.4) is 0 Å². The van der Waals surface area contributed by atoms with Crippen LogP contribution in [0, 0.1) is 24.4 Å². The molecule has 2 aromatic carbocycles. The molecule has 1 fully saturated rings. The van der Waals surface area contributed by atoms with E-state index in [4.69, 9.17) is 4.74 Å². The zero-order valence-corrected chi connectivity index (χ0v) is 14.6. The van der Waals surface area contributed by atoms with E-state index in [1.54, 1.807) is 25.1 Å². The molecule has 1 nitrogen and oxygen atoms in total. The maximum Gasteiger partial charge on any atom is 0.166 e. The van der Waals surface area contributed by atoms with Crippen molar-refractivity contribution in [3.05, 3.63) is 58.9 Å². The minimum Gasteiger partial charge on any atom is -0.378 e. The summed E-state index contributed by atoms with van der Waals surface area (Å²) in [6.45, 7) is 4.16. The molecule has 0 aliphatic carbocycles. The van der Waals surface area contributed by atoms with Crippen LogP contribution >= 0.6 is 0 Å². The molecule has 3 rings (SSSR count). The first-order valence-electron chi connectivity index (χ1n) is 8.87. The van der Waals surface area contributed by atoms with Crippen molar-refractivity contribution in [2.24, 2.45) is 0 Å². The van der Waals surface area contributed by atoms with Gasteiger partial charge in [-0.1, -0.05) is 37.6 Å². The molecule has 1 aliphatic heterocycles. The van der Waals surface area contributed by atoms with Gasteiger partial charge in [0.15, 0.2) is 11.6 Å². The maximum absolute atomic E-state index is 14.6. The molecule has 0 saturated carbocycles. The van der Waals surface area contributed by atoms with Crippen LogP contribution in [0.2, 0.25) is 0 Å². The lowest BCUT2D eigenvalue weighted by Gasteiger charge is -2.29. The second kappa shape index (κ2) is 7.61. The number of halogens is 3. The zero-order chi connectivity index (χ0) is 18.0. The highest BCUT2D eigenvalue weighted by atomic mass is 19.2. The fourth-order valence-electron chi connectivity index (χ4n) is 3.46. The van der Waals surface area contributed by atoms with Crippen LogP contribution in [0.5, 0.6) is 0 Å². The Kier molecular flexibility index (Phi) is 5.48. The summed E-state index contributed by atoms with van der Waals surface area (Å²) in [5.74, 6) is -2.33. The van der Waals surface area contributed by atoms with Crippen LogP contribution in [0.4, 0.5) is 13.2 Å². The number of hydrogen-bond acceptors (Lipinski definition) is 1. The first-order valence-corrected chi connectivity index (χ1v) is 8.87. The van der Waals surface area contributed by atoms with Gasteiger partial charge in [-0.2, -0.15) is 0 Å². The smallest absolute Gasteiger partial charge is 0.166 e. The monoisotopic (exact) mass is 348 g/mol. The number of benzene rings is 2. The lowest BCUT2D eigenvalue weighted by Crippen LogP contribution is -2.25. The third-order valence-corrected chi connectivity index (χ3v) is 5.02. The highest BCUT2D eigenvalue weighted by Crippen LogP contribution is 2.35. The molecule has 4 heteroatoms. The lowest BCUT2D eigenvalue weighted by atomic mass is 9.88. The van der Waals surface area contributed by atoms with Gasteiger partial charge in [-0.3, -0.25) is 0 Å². The molecule has 2 aromatic rings. The van der Waals surface area contributed by atoms with Crippen molar-refractivity contribution in [2.45, 2.75) is 51.6 Å². The van der Waals surface area contributed by atoms with Crippen LogP contribution < -0.4 is 0 Å². The second-order valence-corrected chi connectivity index (χ2v) is 6.81. The van der Waals surface area contributed by atoms with Crippen LogP contribution in [0.1, 0.15) is 49.7 Å². The van der Waals surface area contributed by atoms with Crippen molar-refractivity contribution >= 4 is 0 Å². The van der Waals surface area contributed by atoms with E-state index in [9.17, 15) is 13.2 Å². The Morgan fingerprint density at radius 3 is 2.48 bits per heavy atom. The van der Waals surface area contributed by atoms with Crippen molar-refractivity contribution in [3.8, 4) is 11.1 Å². The average Bonchev–Trinajstić information content (AvgIpc) is 2.61. The average molecular weight is 348 g/mol. The van der Waals surface area contributed by atoms with Crippen LogP contribution in [-0.4, -0.2) is 12.7 Å². The molecule has 0 aromatic heterocycles. The van der Waals surface area contributed by atoms with Gasteiger partial charge in [0.05, 0.1) is 12.7 Å². The summed E-state index contributed by atoms with van der Waals surface area (Å²) in [5.41, 5.74) is 1.25. The molecule has 134 valence electrons. The molecule has 1 heterocycles. The number of ether oxygens (including phenoxy) is 1. The molecule has 2 unspecified atom stereocenters. The van der Waals surface area contributed by atoms with Crippen molar-refractivity contribution < 1.29 is 17.9 Å². The van der Waals surface area contributed by atoms with Crippen molar-refractivity contribution in [3.63, 3.8) is 0 Å². The topological polar surface area (TPSA) is 9.23 Å². The van der Waals surface area contributed by atoms with E-state index in [0.29, 0.717) is 23.3 Å². The van der Waals surface area contributed by atoms with Gasteiger partial charge >= 0.3 is 0 Å². The Hall–Kier alpha value is -1.81. The first kappa shape index (κ1) is 18.0. The SMILES string of the molecule is CCCC1CCC(c2ccc(-c3ccc(C)c(F)c3)c(F)c2F)CO1. The van der Waals surface area contributed by atoms with Gasteiger partial charge in [0.25, 0.3) is 0 Å². The van der Waals surface area contributed by atoms with E-state index in [1.807, 2.05) is 0 Å². The van der Waals surface area contributed by atoms with Crippen LogP contribution in [-0.2, 0) is 4.74 Å². The molecule has 0 N–H and O–H groups in total. The number of rotatable bonds is 4. The van der Waals surface area contributed by atoms with Crippen LogP contribution in [0.25, 0.3) is 11.1 Å². The predicted octanol–water partition coefficient (Wildman–Crippen LogP) is 6.14. The molecule has 0 radical (unpaired) electrons. The zero-order valence-electron chi connectivity index (χ0n) is 14.6. The Bertz CT molecular complexity index is 749. The summed E-state index contributed by atoms with van der Waals surface area (Å²) in [6, 6.07) is 7.56. The van der Waals surface area contributed by atoms with Gasteiger partial charge in [0.2, 0.25) is 0 Å². The summed E-state index contributed by atoms with van der Waals surface area (Å²) in [5, 5.41) is 0. The highest BCUT2D eigenvalue weighted by Gasteiger charge is 2.26. The van der Waals surface area contributed by atoms with E-state index in [2.05, 4.69) is 6.92 Å². The fourth-order valence-corrected chi connectivity index (χ4v) is 3.46. The summed E-state index contributed by atoms with van der Waals surface area (Å²) < 4.78 is 48.7. The van der Waals surface area contributed by atoms with Crippen molar-refractivity contribution in [1.82, 2.24) is 0 Å². The van der Waals surface area contributed by atoms with Crippen LogP contribution in [0.15, 0.2) is 30.3 Å². The molecular formula is C21H23F3O. The van der Waals surface area contributed by atoms with Gasteiger partial charge in [-0.05, 0) is 48.9 Å². The van der Waals surface area contributed by atoms with E-state index >= 15 is 0 Å². The summed E-state index contributed by atoms with van der Waals surface area (Å²) >= 11 is 0. The minimum atomic E-state index is -0.920. The third kappa shape index (κ3) is 3.74. The standard InChI is InChI=1S/C21H23F3O/c1-3-4-16-8-7-15(12-25-16)18-10-9-17(20(23)21(18)24)14-6-5-13(2)19(22)11-14/h5-6,9-11,15-16H,3-4,7-8,12H2,1-2H3. The fraction of sp³-hybridized carbons (Fsp3) is 0.429. The second-order valence-electron chi connectivity index (χ2n) is 6.81.